The highest BCUT2D eigenvalue weighted by atomic mass is 35.5. The fraction of sp³-hybridized carbons (Fsp3) is 0.583. The summed E-state index contributed by atoms with van der Waals surface area (Å²) >= 11 is 0. The van der Waals surface area contributed by atoms with Gasteiger partial charge in [0.1, 0.15) is 5.76 Å². The fourth-order valence-electron chi connectivity index (χ4n) is 1.77. The van der Waals surface area contributed by atoms with E-state index in [0.29, 0.717) is 13.0 Å². The number of halogens is 1. The van der Waals surface area contributed by atoms with Gasteiger partial charge in [-0.1, -0.05) is 13.3 Å². The van der Waals surface area contributed by atoms with E-state index >= 15 is 0 Å². The molecular formula is C12H21ClN2O2. The van der Waals surface area contributed by atoms with Crippen LogP contribution >= 0.6 is 12.4 Å². The lowest BCUT2D eigenvalue weighted by atomic mass is 9.96. The molecule has 1 unspecified atom stereocenters. The molecule has 0 spiro atoms. The summed E-state index contributed by atoms with van der Waals surface area (Å²) in [6, 6.07) is 3.65. The minimum atomic E-state index is -0.782. The molecule has 0 radical (unpaired) electrons. The number of amides is 1. The van der Waals surface area contributed by atoms with Crippen molar-refractivity contribution in [3.63, 3.8) is 0 Å². The first-order chi connectivity index (χ1) is 7.47. The zero-order valence-corrected chi connectivity index (χ0v) is 11.4. The van der Waals surface area contributed by atoms with Crippen LogP contribution in [0.25, 0.3) is 0 Å². The molecule has 1 aromatic heterocycles. The van der Waals surface area contributed by atoms with Crippen molar-refractivity contribution in [2.75, 3.05) is 7.05 Å². The van der Waals surface area contributed by atoms with E-state index < -0.39 is 5.54 Å². The molecule has 0 aliphatic heterocycles. The number of rotatable bonds is 5. The van der Waals surface area contributed by atoms with Crippen LogP contribution in [0.2, 0.25) is 0 Å². The van der Waals surface area contributed by atoms with Crippen LogP contribution in [-0.4, -0.2) is 23.4 Å². The standard InChI is InChI=1S/C12H20N2O2.ClH/c1-4-7-12(2,13)11(15)14(3)9-10-6-5-8-16-10;/h5-6,8H,4,7,9,13H2,1-3H3;1H. The molecule has 0 saturated carbocycles. The number of hydrogen-bond donors (Lipinski definition) is 1. The van der Waals surface area contributed by atoms with Gasteiger partial charge in [-0.2, -0.15) is 0 Å². The molecule has 1 amide bonds. The number of furan rings is 1. The van der Waals surface area contributed by atoms with E-state index in [2.05, 4.69) is 0 Å². The third kappa shape index (κ3) is 4.40. The lowest BCUT2D eigenvalue weighted by Gasteiger charge is -2.28. The van der Waals surface area contributed by atoms with Gasteiger partial charge in [0.25, 0.3) is 0 Å². The summed E-state index contributed by atoms with van der Waals surface area (Å²) in [6.45, 7) is 4.25. The Morgan fingerprint density at radius 2 is 2.24 bits per heavy atom. The molecule has 2 N–H and O–H groups in total. The van der Waals surface area contributed by atoms with Crippen LogP contribution in [0.5, 0.6) is 0 Å². The van der Waals surface area contributed by atoms with Gasteiger partial charge in [0, 0.05) is 7.05 Å². The summed E-state index contributed by atoms with van der Waals surface area (Å²) in [4.78, 5) is 13.6. The molecule has 0 aliphatic rings. The van der Waals surface area contributed by atoms with Crippen molar-refractivity contribution in [3.05, 3.63) is 24.2 Å². The molecule has 1 heterocycles. The van der Waals surface area contributed by atoms with Gasteiger partial charge in [-0.25, -0.2) is 0 Å². The first-order valence-electron chi connectivity index (χ1n) is 5.54. The van der Waals surface area contributed by atoms with Crippen molar-refractivity contribution in [2.45, 2.75) is 38.8 Å². The lowest BCUT2D eigenvalue weighted by molar-refractivity contribution is -0.136. The predicted molar refractivity (Wildman–Crippen MR) is 69.9 cm³/mol. The molecule has 0 fully saturated rings. The normalized spacial score (nSPS) is 13.6. The Kier molecular flexibility index (Phi) is 6.27. The second-order valence-electron chi connectivity index (χ2n) is 4.41. The van der Waals surface area contributed by atoms with E-state index in [9.17, 15) is 4.79 Å². The summed E-state index contributed by atoms with van der Waals surface area (Å²) in [6.07, 6.45) is 3.18. The van der Waals surface area contributed by atoms with E-state index in [1.54, 1.807) is 31.2 Å². The molecule has 0 bridgehead atoms. The Labute approximate surface area is 109 Å². The van der Waals surface area contributed by atoms with Crippen LogP contribution in [-0.2, 0) is 11.3 Å². The van der Waals surface area contributed by atoms with E-state index in [1.165, 1.54) is 0 Å². The van der Waals surface area contributed by atoms with Crippen molar-refractivity contribution in [1.29, 1.82) is 0 Å². The van der Waals surface area contributed by atoms with Gasteiger partial charge in [0.15, 0.2) is 0 Å². The van der Waals surface area contributed by atoms with Crippen molar-refractivity contribution in [1.82, 2.24) is 4.90 Å². The summed E-state index contributed by atoms with van der Waals surface area (Å²) in [5.74, 6) is 0.717. The van der Waals surface area contributed by atoms with Gasteiger partial charge >= 0.3 is 0 Å². The molecule has 98 valence electrons. The van der Waals surface area contributed by atoms with E-state index in [-0.39, 0.29) is 18.3 Å². The minimum Gasteiger partial charge on any atom is -0.467 e. The van der Waals surface area contributed by atoms with Crippen molar-refractivity contribution >= 4 is 18.3 Å². The molecule has 5 heteroatoms. The maximum Gasteiger partial charge on any atom is 0.242 e. The Morgan fingerprint density at radius 3 is 2.71 bits per heavy atom. The molecule has 1 rings (SSSR count). The molecule has 1 aromatic rings. The number of carbonyl (C=O) groups excluding carboxylic acids is 1. The average Bonchev–Trinajstić information content (AvgIpc) is 2.69. The van der Waals surface area contributed by atoms with Crippen molar-refractivity contribution in [2.24, 2.45) is 5.73 Å². The van der Waals surface area contributed by atoms with Crippen LogP contribution in [0, 0.1) is 0 Å². The molecule has 17 heavy (non-hydrogen) atoms. The number of carbonyl (C=O) groups is 1. The second-order valence-corrected chi connectivity index (χ2v) is 4.41. The van der Waals surface area contributed by atoms with Gasteiger partial charge in [0.05, 0.1) is 18.3 Å². The van der Waals surface area contributed by atoms with Crippen LogP contribution in [0.4, 0.5) is 0 Å². The van der Waals surface area contributed by atoms with E-state index in [1.807, 2.05) is 13.0 Å². The maximum atomic E-state index is 12.0. The molecule has 0 saturated heterocycles. The van der Waals surface area contributed by atoms with Crippen LogP contribution < -0.4 is 5.73 Å². The van der Waals surface area contributed by atoms with Crippen LogP contribution in [0.3, 0.4) is 0 Å². The smallest absolute Gasteiger partial charge is 0.242 e. The highest BCUT2D eigenvalue weighted by Gasteiger charge is 2.30. The predicted octanol–water partition coefficient (Wildman–Crippen LogP) is 2.18. The van der Waals surface area contributed by atoms with Crippen LogP contribution in [0.15, 0.2) is 22.8 Å². The fourth-order valence-corrected chi connectivity index (χ4v) is 1.77. The van der Waals surface area contributed by atoms with Gasteiger partial charge in [-0.05, 0) is 25.5 Å². The van der Waals surface area contributed by atoms with E-state index in [4.69, 9.17) is 10.2 Å². The molecule has 0 aromatic carbocycles. The zero-order valence-electron chi connectivity index (χ0n) is 10.6. The number of likely N-dealkylation sites (N-methyl/N-ethyl adjacent to an activating group) is 1. The van der Waals surface area contributed by atoms with Crippen molar-refractivity contribution < 1.29 is 9.21 Å². The quantitative estimate of drug-likeness (QED) is 0.883. The van der Waals surface area contributed by atoms with Gasteiger partial charge < -0.3 is 15.1 Å². The first kappa shape index (κ1) is 16.0. The highest BCUT2D eigenvalue weighted by Crippen LogP contribution is 2.14. The van der Waals surface area contributed by atoms with Crippen molar-refractivity contribution in [3.8, 4) is 0 Å². The maximum absolute atomic E-state index is 12.0. The third-order valence-corrected chi connectivity index (χ3v) is 2.58. The number of nitrogens with two attached hydrogens (primary N) is 1. The zero-order chi connectivity index (χ0) is 12.2. The Bertz CT molecular complexity index is 336. The summed E-state index contributed by atoms with van der Waals surface area (Å²) in [5.41, 5.74) is 5.20. The largest absolute Gasteiger partial charge is 0.467 e. The summed E-state index contributed by atoms with van der Waals surface area (Å²) < 4.78 is 5.19. The van der Waals surface area contributed by atoms with Gasteiger partial charge in [0.2, 0.25) is 5.91 Å². The highest BCUT2D eigenvalue weighted by molar-refractivity contribution is 5.85. The van der Waals surface area contributed by atoms with Gasteiger partial charge in [-0.3, -0.25) is 4.79 Å². The van der Waals surface area contributed by atoms with Crippen LogP contribution in [0.1, 0.15) is 32.4 Å². The Balaban J connectivity index is 0.00000256. The number of nitrogens with zero attached hydrogens (tertiary/aromatic N) is 1. The monoisotopic (exact) mass is 260 g/mol. The van der Waals surface area contributed by atoms with Gasteiger partial charge in [-0.15, -0.1) is 12.4 Å². The average molecular weight is 261 g/mol. The Morgan fingerprint density at radius 1 is 1.59 bits per heavy atom. The molecule has 1 atom stereocenters. The minimum absolute atomic E-state index is 0. The third-order valence-electron chi connectivity index (χ3n) is 2.58. The molecule has 4 nitrogen and oxygen atoms in total. The lowest BCUT2D eigenvalue weighted by Crippen LogP contribution is -2.51. The number of hydrogen-bond acceptors (Lipinski definition) is 3. The molecule has 0 aliphatic carbocycles. The summed E-state index contributed by atoms with van der Waals surface area (Å²) in [5, 5.41) is 0. The first-order valence-corrected chi connectivity index (χ1v) is 5.54. The summed E-state index contributed by atoms with van der Waals surface area (Å²) in [7, 11) is 1.74. The topological polar surface area (TPSA) is 59.5 Å². The Hall–Kier alpha value is -1.00. The second kappa shape index (κ2) is 6.67. The SMILES string of the molecule is CCCC(C)(N)C(=O)N(C)Cc1ccco1.Cl. The molecular weight excluding hydrogens is 240 g/mol. The van der Waals surface area contributed by atoms with E-state index in [0.717, 1.165) is 12.2 Å².